The van der Waals surface area contributed by atoms with Crippen LogP contribution in [0, 0.1) is 0 Å². The van der Waals surface area contributed by atoms with Gasteiger partial charge in [0.2, 0.25) is 0 Å². The molecule has 0 aromatic heterocycles. The van der Waals surface area contributed by atoms with Crippen molar-refractivity contribution in [2.24, 2.45) is 0 Å². The smallest absolute Gasteiger partial charge is 0.190 e. The molecule has 0 aromatic rings. The molecule has 0 heterocycles. The fourth-order valence-corrected chi connectivity index (χ4v) is 0.686. The van der Waals surface area contributed by atoms with E-state index in [1.165, 1.54) is 0 Å². The molecule has 5 heteroatoms. The Morgan fingerprint density at radius 1 is 1.07 bits per heavy atom. The predicted octanol–water partition coefficient (Wildman–Crippen LogP) is -0.765. The summed E-state index contributed by atoms with van der Waals surface area (Å²) in [5.74, 6) is -1.18. The van der Waals surface area contributed by atoms with Crippen LogP contribution in [0.2, 0.25) is 0 Å². The fourth-order valence-electron chi connectivity index (χ4n) is 0.686. The molecule has 0 aliphatic carbocycles. The van der Waals surface area contributed by atoms with Gasteiger partial charge in [0.1, 0.15) is 25.4 Å². The third-order valence-electron chi connectivity index (χ3n) is 1.59. The number of aliphatic hydroxyl groups is 2. The van der Waals surface area contributed by atoms with Gasteiger partial charge in [-0.2, -0.15) is 0 Å². The maximum absolute atomic E-state index is 11.0. The van der Waals surface area contributed by atoms with E-state index in [9.17, 15) is 9.59 Å². The first-order valence-corrected chi connectivity index (χ1v) is 4.27. The third kappa shape index (κ3) is 5.21. The highest BCUT2D eigenvalue weighted by Gasteiger charge is 2.14. The van der Waals surface area contributed by atoms with Crippen molar-refractivity contribution in [2.45, 2.75) is 12.2 Å². The van der Waals surface area contributed by atoms with Crippen molar-refractivity contribution in [3.05, 3.63) is 25.3 Å². The summed E-state index contributed by atoms with van der Waals surface area (Å²) in [4.78, 5) is 21.9. The summed E-state index contributed by atoms with van der Waals surface area (Å²) in [5.41, 5.74) is 0. The lowest BCUT2D eigenvalue weighted by atomic mass is 10.2. The lowest BCUT2D eigenvalue weighted by Gasteiger charge is -2.06. The van der Waals surface area contributed by atoms with Crippen molar-refractivity contribution in [1.82, 2.24) is 0 Å². The lowest BCUT2D eigenvalue weighted by molar-refractivity contribution is -0.135. The van der Waals surface area contributed by atoms with Crippen LogP contribution in [-0.4, -0.2) is 47.2 Å². The minimum absolute atomic E-state index is 0.400. The normalized spacial score (nSPS) is 14.0. The average Bonchev–Trinajstić information content (AvgIpc) is 2.26. The van der Waals surface area contributed by atoms with Gasteiger partial charge < -0.3 is 14.9 Å². The van der Waals surface area contributed by atoms with Gasteiger partial charge >= 0.3 is 0 Å². The Morgan fingerprint density at radius 2 is 1.40 bits per heavy atom. The molecule has 2 atom stereocenters. The van der Waals surface area contributed by atoms with Crippen LogP contribution >= 0.6 is 0 Å². The summed E-state index contributed by atoms with van der Waals surface area (Å²) in [6.45, 7) is 5.64. The molecule has 0 spiro atoms. The van der Waals surface area contributed by atoms with E-state index in [0.717, 1.165) is 12.2 Å². The first-order valence-electron chi connectivity index (χ1n) is 4.27. The van der Waals surface area contributed by atoms with Gasteiger partial charge in [-0.3, -0.25) is 9.59 Å². The Kier molecular flexibility index (Phi) is 6.44. The van der Waals surface area contributed by atoms with Crippen LogP contribution in [0.5, 0.6) is 0 Å². The van der Waals surface area contributed by atoms with Crippen LogP contribution in [0.25, 0.3) is 0 Å². The summed E-state index contributed by atoms with van der Waals surface area (Å²) >= 11 is 0. The van der Waals surface area contributed by atoms with Gasteiger partial charge in [0, 0.05) is 0 Å². The van der Waals surface area contributed by atoms with Crippen LogP contribution in [0.15, 0.2) is 25.3 Å². The zero-order chi connectivity index (χ0) is 11.8. The summed E-state index contributed by atoms with van der Waals surface area (Å²) in [5, 5.41) is 17.9. The highest BCUT2D eigenvalue weighted by atomic mass is 16.5. The Bertz CT molecular complexity index is 233. The van der Waals surface area contributed by atoms with E-state index in [2.05, 4.69) is 17.9 Å². The first kappa shape index (κ1) is 13.7. The number of hydrogen-bond donors (Lipinski definition) is 2. The summed E-state index contributed by atoms with van der Waals surface area (Å²) in [6, 6.07) is 0. The monoisotopic (exact) mass is 214 g/mol. The van der Waals surface area contributed by atoms with E-state index in [1.54, 1.807) is 0 Å². The summed E-state index contributed by atoms with van der Waals surface area (Å²) in [7, 11) is 0. The molecule has 0 bridgehead atoms. The average molecular weight is 214 g/mol. The molecule has 0 rings (SSSR count). The van der Waals surface area contributed by atoms with Crippen molar-refractivity contribution >= 4 is 11.6 Å². The molecule has 0 aliphatic heterocycles. The summed E-state index contributed by atoms with van der Waals surface area (Å²) in [6.07, 6.45) is -0.452. The summed E-state index contributed by atoms with van der Waals surface area (Å²) < 4.78 is 4.69. The van der Waals surface area contributed by atoms with Gasteiger partial charge in [0.15, 0.2) is 11.6 Å². The molecule has 84 valence electrons. The molecule has 0 saturated heterocycles. The van der Waals surface area contributed by atoms with E-state index in [-0.39, 0.29) is 0 Å². The second-order valence-electron chi connectivity index (χ2n) is 2.79. The van der Waals surface area contributed by atoms with E-state index < -0.39 is 37.0 Å². The molecular weight excluding hydrogens is 200 g/mol. The van der Waals surface area contributed by atoms with Crippen LogP contribution in [-0.2, 0) is 14.3 Å². The number of rotatable bonds is 8. The van der Waals surface area contributed by atoms with E-state index >= 15 is 0 Å². The molecule has 0 fully saturated rings. The van der Waals surface area contributed by atoms with Crippen molar-refractivity contribution in [3.8, 4) is 0 Å². The van der Waals surface area contributed by atoms with Gasteiger partial charge in [-0.15, -0.1) is 13.2 Å². The van der Waals surface area contributed by atoms with Crippen LogP contribution < -0.4 is 0 Å². The Hall–Kier alpha value is -1.30. The molecule has 0 radical (unpaired) electrons. The van der Waals surface area contributed by atoms with Crippen LogP contribution in [0.3, 0.4) is 0 Å². The number of ether oxygens (including phenoxy) is 1. The van der Waals surface area contributed by atoms with E-state index in [1.807, 2.05) is 0 Å². The molecule has 0 saturated carbocycles. The van der Waals surface area contributed by atoms with Crippen molar-refractivity contribution < 1.29 is 24.5 Å². The third-order valence-corrected chi connectivity index (χ3v) is 1.59. The minimum Gasteiger partial charge on any atom is -0.381 e. The van der Waals surface area contributed by atoms with Gasteiger partial charge in [0.25, 0.3) is 0 Å². The largest absolute Gasteiger partial charge is 0.381 e. The first-order chi connectivity index (χ1) is 7.02. The molecule has 0 aliphatic rings. The predicted molar refractivity (Wildman–Crippen MR) is 53.2 cm³/mol. The van der Waals surface area contributed by atoms with Crippen LogP contribution in [0.4, 0.5) is 0 Å². The Balaban J connectivity index is 3.80. The van der Waals surface area contributed by atoms with Gasteiger partial charge in [0.05, 0.1) is 0 Å². The van der Waals surface area contributed by atoms with Crippen LogP contribution in [0.1, 0.15) is 0 Å². The zero-order valence-electron chi connectivity index (χ0n) is 8.26. The lowest BCUT2D eigenvalue weighted by Crippen LogP contribution is -2.27. The van der Waals surface area contributed by atoms with Gasteiger partial charge in [-0.1, -0.05) is 12.2 Å². The maximum Gasteiger partial charge on any atom is 0.190 e. The highest BCUT2D eigenvalue weighted by Crippen LogP contribution is 1.92. The highest BCUT2D eigenvalue weighted by molar-refractivity contribution is 5.87. The number of ketones is 2. The number of carbonyl (C=O) groups excluding carboxylic acids is 2. The number of carbonyl (C=O) groups is 2. The van der Waals surface area contributed by atoms with Crippen molar-refractivity contribution in [1.29, 1.82) is 0 Å². The van der Waals surface area contributed by atoms with E-state index in [4.69, 9.17) is 10.2 Å². The number of aliphatic hydroxyl groups excluding tert-OH is 2. The Morgan fingerprint density at radius 3 is 1.67 bits per heavy atom. The molecule has 0 aromatic carbocycles. The SMILES string of the molecule is C=CC(O)C(=O)COCC(=O)C(O)C=C. The molecular formula is C10H14O5. The second-order valence-corrected chi connectivity index (χ2v) is 2.79. The maximum atomic E-state index is 11.0. The van der Waals surface area contributed by atoms with Crippen molar-refractivity contribution in [3.63, 3.8) is 0 Å². The Labute approximate surface area is 87.7 Å². The molecule has 2 N–H and O–H groups in total. The van der Waals surface area contributed by atoms with Gasteiger partial charge in [-0.25, -0.2) is 0 Å². The van der Waals surface area contributed by atoms with Gasteiger partial charge in [-0.05, 0) is 0 Å². The zero-order valence-corrected chi connectivity index (χ0v) is 8.26. The molecule has 5 nitrogen and oxygen atoms in total. The second kappa shape index (κ2) is 7.05. The quantitative estimate of drug-likeness (QED) is 0.519. The minimum atomic E-state index is -1.29. The fraction of sp³-hybridized carbons (Fsp3) is 0.400. The molecule has 2 unspecified atom stereocenters. The van der Waals surface area contributed by atoms with E-state index in [0.29, 0.717) is 0 Å². The standard InChI is InChI=1S/C10H14O5/c1-3-7(11)9(13)5-15-6-10(14)8(12)4-2/h3-4,7-8,11-12H,1-2,5-6H2. The molecule has 15 heavy (non-hydrogen) atoms. The number of Topliss-reactive ketones (excluding diaryl/α,β-unsaturated/α-hetero) is 2. The number of hydrogen-bond acceptors (Lipinski definition) is 5. The molecule has 0 amide bonds. The van der Waals surface area contributed by atoms with Crippen molar-refractivity contribution in [2.75, 3.05) is 13.2 Å². The topological polar surface area (TPSA) is 83.8 Å².